The minimum Gasteiger partial charge on any atom is -0.494 e. The van der Waals surface area contributed by atoms with Crippen LogP contribution in [0.4, 0.5) is 0 Å². The molecule has 0 radical (unpaired) electrons. The third-order valence-electron chi connectivity index (χ3n) is 2.68. The Kier molecular flexibility index (Phi) is 7.43. The van der Waals surface area contributed by atoms with Gasteiger partial charge in [0.1, 0.15) is 5.75 Å². The first-order valence-electron chi connectivity index (χ1n) is 6.45. The summed E-state index contributed by atoms with van der Waals surface area (Å²) >= 11 is 0. The summed E-state index contributed by atoms with van der Waals surface area (Å²) in [4.78, 5) is 0. The highest BCUT2D eigenvalue weighted by molar-refractivity contribution is 5.26. The van der Waals surface area contributed by atoms with Crippen LogP contribution in [0.15, 0.2) is 24.3 Å². The van der Waals surface area contributed by atoms with Gasteiger partial charge in [-0.25, -0.2) is 0 Å². The number of hydrogen-bond donors (Lipinski definition) is 2. The van der Waals surface area contributed by atoms with Crippen LogP contribution in [0.3, 0.4) is 0 Å². The van der Waals surface area contributed by atoms with E-state index in [0.717, 1.165) is 31.9 Å². The van der Waals surface area contributed by atoms with Crippen molar-refractivity contribution in [3.8, 4) is 5.75 Å². The summed E-state index contributed by atoms with van der Waals surface area (Å²) in [6.45, 7) is 5.07. The van der Waals surface area contributed by atoms with Crippen molar-refractivity contribution in [3.05, 3.63) is 29.8 Å². The van der Waals surface area contributed by atoms with Gasteiger partial charge in [-0.3, -0.25) is 0 Å². The second kappa shape index (κ2) is 9.02. The molecule has 0 saturated carbocycles. The summed E-state index contributed by atoms with van der Waals surface area (Å²) in [5.74, 6) is 0.961. The smallest absolute Gasteiger partial charge is 0.119 e. The van der Waals surface area contributed by atoms with Gasteiger partial charge in [-0.15, -0.1) is 0 Å². The zero-order chi connectivity index (χ0) is 12.3. The normalized spacial score (nSPS) is 10.5. The quantitative estimate of drug-likeness (QED) is 0.633. The van der Waals surface area contributed by atoms with Crippen LogP contribution in [0.25, 0.3) is 0 Å². The Labute approximate surface area is 104 Å². The van der Waals surface area contributed by atoms with Crippen molar-refractivity contribution in [3.63, 3.8) is 0 Å². The standard InChI is InChI=1S/C14H23NO2/c1-13-5-7-14(8-6-13)17-12-4-2-3-9-15-10-11-16/h5-8,15-16H,2-4,9-12H2,1H3/p+1. The topological polar surface area (TPSA) is 46.1 Å². The molecular weight excluding hydrogens is 214 g/mol. The van der Waals surface area contributed by atoms with E-state index in [-0.39, 0.29) is 6.61 Å². The maximum atomic E-state index is 8.60. The highest BCUT2D eigenvalue weighted by Gasteiger charge is 1.94. The average molecular weight is 238 g/mol. The molecule has 96 valence electrons. The number of aliphatic hydroxyl groups excluding tert-OH is 1. The number of hydrogen-bond acceptors (Lipinski definition) is 2. The Morgan fingerprint density at radius 1 is 1.06 bits per heavy atom. The molecule has 3 nitrogen and oxygen atoms in total. The first kappa shape index (κ1) is 14.0. The van der Waals surface area contributed by atoms with Crippen LogP contribution in [0.1, 0.15) is 24.8 Å². The maximum absolute atomic E-state index is 8.60. The molecule has 0 atom stereocenters. The molecule has 0 aliphatic carbocycles. The number of unbranched alkanes of at least 4 members (excludes halogenated alkanes) is 2. The van der Waals surface area contributed by atoms with Crippen molar-refractivity contribution < 1.29 is 15.2 Å². The maximum Gasteiger partial charge on any atom is 0.119 e. The van der Waals surface area contributed by atoms with Gasteiger partial charge < -0.3 is 15.2 Å². The van der Waals surface area contributed by atoms with Gasteiger partial charge in [0, 0.05) is 0 Å². The second-order valence-corrected chi connectivity index (χ2v) is 4.31. The lowest BCUT2D eigenvalue weighted by molar-refractivity contribution is -0.656. The fourth-order valence-electron chi connectivity index (χ4n) is 1.63. The molecule has 0 aliphatic rings. The summed E-state index contributed by atoms with van der Waals surface area (Å²) in [7, 11) is 0. The van der Waals surface area contributed by atoms with E-state index >= 15 is 0 Å². The number of aliphatic hydroxyl groups is 1. The Hall–Kier alpha value is -1.06. The number of quaternary nitrogens is 1. The third-order valence-corrected chi connectivity index (χ3v) is 2.68. The molecule has 0 aromatic heterocycles. The van der Waals surface area contributed by atoms with Crippen LogP contribution in [0, 0.1) is 6.92 Å². The summed E-state index contributed by atoms with van der Waals surface area (Å²) in [6, 6.07) is 8.17. The predicted octanol–water partition coefficient (Wildman–Crippen LogP) is 1.10. The largest absolute Gasteiger partial charge is 0.494 e. The predicted molar refractivity (Wildman–Crippen MR) is 69.3 cm³/mol. The monoisotopic (exact) mass is 238 g/mol. The van der Waals surface area contributed by atoms with Gasteiger partial charge in [0.2, 0.25) is 0 Å². The Morgan fingerprint density at radius 2 is 1.82 bits per heavy atom. The average Bonchev–Trinajstić information content (AvgIpc) is 2.35. The van der Waals surface area contributed by atoms with E-state index < -0.39 is 0 Å². The van der Waals surface area contributed by atoms with E-state index in [1.54, 1.807) is 0 Å². The van der Waals surface area contributed by atoms with Gasteiger partial charge in [-0.1, -0.05) is 17.7 Å². The van der Waals surface area contributed by atoms with Gasteiger partial charge in [-0.2, -0.15) is 0 Å². The van der Waals surface area contributed by atoms with Crippen LogP contribution in [0.5, 0.6) is 5.75 Å². The van der Waals surface area contributed by atoms with E-state index in [2.05, 4.69) is 24.4 Å². The van der Waals surface area contributed by atoms with Gasteiger partial charge in [-0.05, 0) is 38.3 Å². The lowest BCUT2D eigenvalue weighted by Crippen LogP contribution is -2.85. The molecule has 1 rings (SSSR count). The number of rotatable bonds is 9. The second-order valence-electron chi connectivity index (χ2n) is 4.31. The van der Waals surface area contributed by atoms with Crippen LogP contribution < -0.4 is 10.1 Å². The third kappa shape index (κ3) is 6.97. The zero-order valence-corrected chi connectivity index (χ0v) is 10.7. The lowest BCUT2D eigenvalue weighted by atomic mass is 10.2. The molecule has 0 aliphatic heterocycles. The summed E-state index contributed by atoms with van der Waals surface area (Å²) in [5, 5.41) is 10.8. The van der Waals surface area contributed by atoms with Crippen molar-refractivity contribution in [2.24, 2.45) is 0 Å². The van der Waals surface area contributed by atoms with E-state index in [1.165, 1.54) is 18.4 Å². The Morgan fingerprint density at radius 3 is 2.53 bits per heavy atom. The molecule has 3 N–H and O–H groups in total. The molecule has 0 saturated heterocycles. The van der Waals surface area contributed by atoms with E-state index in [9.17, 15) is 0 Å². The fraction of sp³-hybridized carbons (Fsp3) is 0.571. The zero-order valence-electron chi connectivity index (χ0n) is 10.7. The van der Waals surface area contributed by atoms with E-state index in [4.69, 9.17) is 9.84 Å². The van der Waals surface area contributed by atoms with E-state index in [1.807, 2.05) is 12.1 Å². The molecule has 1 aromatic carbocycles. The molecule has 0 bridgehead atoms. The lowest BCUT2D eigenvalue weighted by Gasteiger charge is -2.06. The minimum atomic E-state index is 0.274. The molecular formula is C14H24NO2+. The molecule has 0 spiro atoms. The molecule has 0 heterocycles. The van der Waals surface area contributed by atoms with Crippen LogP contribution in [0.2, 0.25) is 0 Å². The Balaban J connectivity index is 1.95. The molecule has 0 unspecified atom stereocenters. The van der Waals surface area contributed by atoms with Gasteiger partial charge >= 0.3 is 0 Å². The molecule has 0 amide bonds. The van der Waals surface area contributed by atoms with Gasteiger partial charge in [0.05, 0.1) is 26.3 Å². The number of ether oxygens (including phenoxy) is 1. The SMILES string of the molecule is Cc1ccc(OCCCCC[NH2+]CCO)cc1. The number of aryl methyl sites for hydroxylation is 1. The van der Waals surface area contributed by atoms with Gasteiger partial charge in [0.15, 0.2) is 0 Å². The van der Waals surface area contributed by atoms with Crippen molar-refractivity contribution >= 4 is 0 Å². The number of benzene rings is 1. The first-order chi connectivity index (χ1) is 8.33. The highest BCUT2D eigenvalue weighted by atomic mass is 16.5. The number of nitrogens with two attached hydrogens (primary N) is 1. The fourth-order valence-corrected chi connectivity index (χ4v) is 1.63. The molecule has 1 aromatic rings. The van der Waals surface area contributed by atoms with Crippen molar-refractivity contribution in [1.82, 2.24) is 0 Å². The Bertz CT molecular complexity index is 285. The van der Waals surface area contributed by atoms with Crippen molar-refractivity contribution in [1.29, 1.82) is 0 Å². The minimum absolute atomic E-state index is 0.274. The van der Waals surface area contributed by atoms with Crippen LogP contribution >= 0.6 is 0 Å². The van der Waals surface area contributed by atoms with Crippen LogP contribution in [-0.2, 0) is 0 Å². The van der Waals surface area contributed by atoms with Crippen LogP contribution in [-0.4, -0.2) is 31.4 Å². The first-order valence-corrected chi connectivity index (χ1v) is 6.45. The molecule has 0 fully saturated rings. The summed E-state index contributed by atoms with van der Waals surface area (Å²) in [6.07, 6.45) is 3.48. The highest BCUT2D eigenvalue weighted by Crippen LogP contribution is 2.11. The van der Waals surface area contributed by atoms with Crippen molar-refractivity contribution in [2.75, 3.05) is 26.3 Å². The summed E-state index contributed by atoms with van der Waals surface area (Å²) in [5.41, 5.74) is 1.26. The van der Waals surface area contributed by atoms with Crippen molar-refractivity contribution in [2.45, 2.75) is 26.2 Å². The molecule has 3 heteroatoms. The molecule has 17 heavy (non-hydrogen) atoms. The summed E-state index contributed by atoms with van der Waals surface area (Å²) < 4.78 is 5.64. The van der Waals surface area contributed by atoms with E-state index in [0.29, 0.717) is 0 Å². The van der Waals surface area contributed by atoms with Gasteiger partial charge in [0.25, 0.3) is 0 Å².